The Morgan fingerprint density at radius 1 is 1.00 bits per heavy atom. The Morgan fingerprint density at radius 3 is 2.00 bits per heavy atom. The molecule has 0 saturated carbocycles. The van der Waals surface area contributed by atoms with Gasteiger partial charge in [0.2, 0.25) is 12.8 Å². The van der Waals surface area contributed by atoms with Crippen molar-refractivity contribution >= 4 is 18.5 Å². The minimum atomic E-state index is 0.475. The molecule has 56 valence electrons. The number of anilines is 1. The Balaban J connectivity index is 2.90. The van der Waals surface area contributed by atoms with Crippen molar-refractivity contribution in [2.45, 2.75) is 0 Å². The Labute approximate surface area is 64.2 Å². The number of rotatable bonds is 3. The van der Waals surface area contributed by atoms with Crippen molar-refractivity contribution in [1.82, 2.24) is 0 Å². The van der Waals surface area contributed by atoms with Crippen LogP contribution in [0.1, 0.15) is 0 Å². The van der Waals surface area contributed by atoms with Gasteiger partial charge in [0.05, 0.1) is 5.69 Å². The van der Waals surface area contributed by atoms with Gasteiger partial charge in [0, 0.05) is 0 Å². The Bertz CT molecular complexity index is 238. The van der Waals surface area contributed by atoms with Crippen LogP contribution in [-0.4, -0.2) is 12.8 Å². The lowest BCUT2D eigenvalue weighted by Crippen LogP contribution is -2.17. The fourth-order valence-electron chi connectivity index (χ4n) is 0.747. The van der Waals surface area contributed by atoms with E-state index in [0.29, 0.717) is 18.5 Å². The average molecular weight is 149 g/mol. The molecule has 0 N–H and O–H groups in total. The molecule has 0 unspecified atom stereocenters. The van der Waals surface area contributed by atoms with Crippen LogP contribution in [-0.2, 0) is 9.59 Å². The summed E-state index contributed by atoms with van der Waals surface area (Å²) in [6, 6.07) is 8.70. The number of imide groups is 1. The lowest BCUT2D eigenvalue weighted by molar-refractivity contribution is -0.113. The average Bonchev–Trinajstić information content (AvgIpc) is 2.09. The molecular formula is C8H7NO2. The van der Waals surface area contributed by atoms with Gasteiger partial charge in [-0.3, -0.25) is 14.5 Å². The fraction of sp³-hybridized carbons (Fsp3) is 0. The van der Waals surface area contributed by atoms with Gasteiger partial charge in [0.25, 0.3) is 0 Å². The van der Waals surface area contributed by atoms with Crippen LogP contribution in [0, 0.1) is 0 Å². The van der Waals surface area contributed by atoms with Gasteiger partial charge in [-0.25, -0.2) is 0 Å². The van der Waals surface area contributed by atoms with Crippen LogP contribution < -0.4 is 4.90 Å². The van der Waals surface area contributed by atoms with E-state index in [1.54, 1.807) is 24.3 Å². The number of carbonyl (C=O) groups is 2. The Kier molecular flexibility index (Phi) is 2.38. The van der Waals surface area contributed by atoms with E-state index < -0.39 is 0 Å². The second-order valence-electron chi connectivity index (χ2n) is 1.95. The van der Waals surface area contributed by atoms with Gasteiger partial charge in [-0.2, -0.15) is 0 Å². The standard InChI is InChI=1S/C8H7NO2/c10-6-9(7-11)8-4-2-1-3-5-8/h1-7H. The van der Waals surface area contributed by atoms with Crippen molar-refractivity contribution in [3.8, 4) is 0 Å². The van der Waals surface area contributed by atoms with E-state index in [2.05, 4.69) is 0 Å². The third-order valence-electron chi connectivity index (χ3n) is 1.28. The van der Waals surface area contributed by atoms with E-state index in [9.17, 15) is 9.59 Å². The molecule has 11 heavy (non-hydrogen) atoms. The third-order valence-corrected chi connectivity index (χ3v) is 1.28. The summed E-state index contributed by atoms with van der Waals surface area (Å²) in [5, 5.41) is 0. The first-order valence-electron chi connectivity index (χ1n) is 3.12. The molecule has 0 bridgehead atoms. The molecule has 2 amide bonds. The minimum absolute atomic E-state index is 0.475. The topological polar surface area (TPSA) is 37.4 Å². The van der Waals surface area contributed by atoms with Crippen molar-refractivity contribution in [3.63, 3.8) is 0 Å². The zero-order valence-corrected chi connectivity index (χ0v) is 5.81. The number of para-hydroxylation sites is 1. The quantitative estimate of drug-likeness (QED) is 0.596. The number of hydrogen-bond donors (Lipinski definition) is 0. The maximum absolute atomic E-state index is 10.2. The van der Waals surface area contributed by atoms with E-state index in [1.807, 2.05) is 6.07 Å². The van der Waals surface area contributed by atoms with Gasteiger partial charge < -0.3 is 0 Å². The summed E-state index contributed by atoms with van der Waals surface area (Å²) < 4.78 is 0. The molecule has 0 atom stereocenters. The molecule has 0 spiro atoms. The maximum Gasteiger partial charge on any atom is 0.220 e. The molecule has 0 saturated heterocycles. The first-order valence-corrected chi connectivity index (χ1v) is 3.12. The molecule has 0 aliphatic rings. The first-order chi connectivity index (χ1) is 5.38. The highest BCUT2D eigenvalue weighted by Crippen LogP contribution is 2.08. The molecule has 1 aromatic rings. The second-order valence-corrected chi connectivity index (χ2v) is 1.95. The van der Waals surface area contributed by atoms with Gasteiger partial charge in [-0.05, 0) is 12.1 Å². The van der Waals surface area contributed by atoms with Crippen LogP contribution in [0.2, 0.25) is 0 Å². The molecule has 0 aliphatic heterocycles. The summed E-state index contributed by atoms with van der Waals surface area (Å²) >= 11 is 0. The summed E-state index contributed by atoms with van der Waals surface area (Å²) in [5.74, 6) is 0. The fourth-order valence-corrected chi connectivity index (χ4v) is 0.747. The second kappa shape index (κ2) is 3.51. The van der Waals surface area contributed by atoms with E-state index in [1.165, 1.54) is 0 Å². The van der Waals surface area contributed by atoms with E-state index in [4.69, 9.17) is 0 Å². The highest BCUT2D eigenvalue weighted by Gasteiger charge is 1.99. The summed E-state index contributed by atoms with van der Waals surface area (Å²) in [4.78, 5) is 21.4. The Hall–Kier alpha value is -1.64. The van der Waals surface area contributed by atoms with Crippen LogP contribution in [0.25, 0.3) is 0 Å². The van der Waals surface area contributed by atoms with Crippen LogP contribution >= 0.6 is 0 Å². The van der Waals surface area contributed by atoms with Gasteiger partial charge in [0.1, 0.15) is 0 Å². The third kappa shape index (κ3) is 1.64. The zero-order valence-electron chi connectivity index (χ0n) is 5.81. The molecule has 0 aliphatic carbocycles. The molecule has 0 radical (unpaired) electrons. The lowest BCUT2D eigenvalue weighted by Gasteiger charge is -2.06. The number of benzene rings is 1. The van der Waals surface area contributed by atoms with Crippen LogP contribution in [0.15, 0.2) is 30.3 Å². The SMILES string of the molecule is O=CN(C=O)c1ccccc1. The smallest absolute Gasteiger partial charge is 0.220 e. The van der Waals surface area contributed by atoms with Gasteiger partial charge in [-0.1, -0.05) is 18.2 Å². The summed E-state index contributed by atoms with van der Waals surface area (Å²) in [6.45, 7) is 0. The summed E-state index contributed by atoms with van der Waals surface area (Å²) in [5.41, 5.74) is 0.581. The van der Waals surface area contributed by atoms with Crippen molar-refractivity contribution in [2.24, 2.45) is 0 Å². The number of amides is 2. The monoisotopic (exact) mass is 149 g/mol. The molecule has 3 nitrogen and oxygen atoms in total. The predicted molar refractivity (Wildman–Crippen MR) is 41.0 cm³/mol. The normalized spacial score (nSPS) is 8.73. The largest absolute Gasteiger partial charge is 0.278 e. The highest BCUT2D eigenvalue weighted by atomic mass is 16.2. The zero-order chi connectivity index (χ0) is 8.10. The lowest BCUT2D eigenvalue weighted by atomic mass is 10.3. The van der Waals surface area contributed by atoms with Crippen molar-refractivity contribution in [2.75, 3.05) is 4.90 Å². The van der Waals surface area contributed by atoms with Crippen LogP contribution in [0.5, 0.6) is 0 Å². The highest BCUT2D eigenvalue weighted by molar-refractivity contribution is 5.95. The minimum Gasteiger partial charge on any atom is -0.278 e. The Morgan fingerprint density at radius 2 is 1.55 bits per heavy atom. The molecule has 0 fully saturated rings. The number of nitrogens with zero attached hydrogens (tertiary/aromatic N) is 1. The van der Waals surface area contributed by atoms with Crippen molar-refractivity contribution < 1.29 is 9.59 Å². The van der Waals surface area contributed by atoms with Crippen LogP contribution in [0.4, 0.5) is 5.69 Å². The molecule has 3 heteroatoms. The van der Waals surface area contributed by atoms with Gasteiger partial charge in [-0.15, -0.1) is 0 Å². The van der Waals surface area contributed by atoms with Crippen molar-refractivity contribution in [3.05, 3.63) is 30.3 Å². The van der Waals surface area contributed by atoms with E-state index >= 15 is 0 Å². The van der Waals surface area contributed by atoms with E-state index in [-0.39, 0.29) is 0 Å². The molecule has 0 aromatic heterocycles. The van der Waals surface area contributed by atoms with Crippen LogP contribution in [0.3, 0.4) is 0 Å². The first kappa shape index (κ1) is 7.47. The van der Waals surface area contributed by atoms with E-state index in [0.717, 1.165) is 4.90 Å². The summed E-state index contributed by atoms with van der Waals surface area (Å²) in [7, 11) is 0. The predicted octanol–water partition coefficient (Wildman–Crippen LogP) is 0.806. The van der Waals surface area contributed by atoms with Gasteiger partial charge in [0.15, 0.2) is 0 Å². The van der Waals surface area contributed by atoms with Crippen molar-refractivity contribution in [1.29, 1.82) is 0 Å². The molecule has 1 aromatic carbocycles. The number of carbonyl (C=O) groups excluding carboxylic acids is 2. The van der Waals surface area contributed by atoms with Gasteiger partial charge >= 0.3 is 0 Å². The summed E-state index contributed by atoms with van der Waals surface area (Å²) in [6.07, 6.45) is 0.949. The molecule has 0 heterocycles. The molecule has 1 rings (SSSR count). The molecular weight excluding hydrogens is 142 g/mol. The maximum atomic E-state index is 10.2. The number of hydrogen-bond acceptors (Lipinski definition) is 2.